The van der Waals surface area contributed by atoms with E-state index in [1.165, 1.54) is 6.07 Å². The molecular weight excluding hydrogens is 396 g/mol. The first-order chi connectivity index (χ1) is 9.51. The summed E-state index contributed by atoms with van der Waals surface area (Å²) in [6, 6.07) is 7.84. The predicted molar refractivity (Wildman–Crippen MR) is 81.0 cm³/mol. The molecule has 2 aromatic carbocycles. The van der Waals surface area contributed by atoms with Gasteiger partial charge in [0.25, 0.3) is 0 Å². The van der Waals surface area contributed by atoms with Crippen LogP contribution in [0.15, 0.2) is 39.3 Å². The molecule has 0 amide bonds. The summed E-state index contributed by atoms with van der Waals surface area (Å²) in [5, 5.41) is 3.03. The Balaban J connectivity index is 2.31. The van der Waals surface area contributed by atoms with Gasteiger partial charge in [-0.3, -0.25) is 0 Å². The summed E-state index contributed by atoms with van der Waals surface area (Å²) in [4.78, 5) is 0. The molecule has 0 atom stereocenters. The highest BCUT2D eigenvalue weighted by atomic mass is 79.9. The topological polar surface area (TPSA) is 21.3 Å². The lowest BCUT2D eigenvalue weighted by Gasteiger charge is -2.11. The van der Waals surface area contributed by atoms with Gasteiger partial charge in [0, 0.05) is 11.0 Å². The van der Waals surface area contributed by atoms with Crippen molar-refractivity contribution < 1.29 is 13.5 Å². The molecule has 0 heterocycles. The maximum Gasteiger partial charge on any atom is 0.201 e. The van der Waals surface area contributed by atoms with Crippen molar-refractivity contribution in [3.63, 3.8) is 0 Å². The van der Waals surface area contributed by atoms with E-state index in [0.717, 1.165) is 11.6 Å². The van der Waals surface area contributed by atoms with Gasteiger partial charge in [-0.1, -0.05) is 22.0 Å². The molecule has 0 spiro atoms. The second-order valence-corrected chi connectivity index (χ2v) is 5.87. The molecule has 0 aliphatic rings. The molecule has 0 unspecified atom stereocenters. The number of ether oxygens (including phenoxy) is 1. The van der Waals surface area contributed by atoms with Crippen LogP contribution >= 0.6 is 31.9 Å². The Morgan fingerprint density at radius 2 is 1.85 bits per heavy atom. The summed E-state index contributed by atoms with van der Waals surface area (Å²) >= 11 is 6.46. The minimum Gasteiger partial charge on any atom is -0.453 e. The molecule has 20 heavy (non-hydrogen) atoms. The van der Waals surface area contributed by atoms with E-state index in [9.17, 15) is 8.78 Å². The molecule has 106 valence electrons. The van der Waals surface area contributed by atoms with E-state index >= 15 is 0 Å². The fourth-order valence-corrected chi connectivity index (χ4v) is 2.58. The number of benzene rings is 2. The Kier molecular flexibility index (Phi) is 5.12. The maximum atomic E-state index is 13.7. The molecule has 0 aliphatic heterocycles. The molecule has 6 heteroatoms. The van der Waals surface area contributed by atoms with Gasteiger partial charge >= 0.3 is 0 Å². The highest BCUT2D eigenvalue weighted by Gasteiger charge is 2.13. The van der Waals surface area contributed by atoms with Crippen LogP contribution in [0.1, 0.15) is 5.56 Å². The molecule has 0 saturated carbocycles. The van der Waals surface area contributed by atoms with Gasteiger partial charge in [-0.15, -0.1) is 0 Å². The van der Waals surface area contributed by atoms with Crippen molar-refractivity contribution in [2.45, 2.75) is 6.54 Å². The SMILES string of the molecule is CNCc1ccc(Oc2cc(Br)cc(F)c2F)c(Br)c1. The zero-order valence-corrected chi connectivity index (χ0v) is 13.7. The van der Waals surface area contributed by atoms with Gasteiger partial charge in [0.15, 0.2) is 11.6 Å². The van der Waals surface area contributed by atoms with E-state index in [-0.39, 0.29) is 5.75 Å². The summed E-state index contributed by atoms with van der Waals surface area (Å²) in [5.74, 6) is -1.73. The quantitative estimate of drug-likeness (QED) is 0.721. The summed E-state index contributed by atoms with van der Waals surface area (Å²) in [6.07, 6.45) is 0. The Morgan fingerprint density at radius 3 is 2.50 bits per heavy atom. The zero-order valence-electron chi connectivity index (χ0n) is 10.5. The van der Waals surface area contributed by atoms with Crippen molar-refractivity contribution in [1.82, 2.24) is 5.32 Å². The minimum atomic E-state index is -1.01. The third-order valence-corrected chi connectivity index (χ3v) is 3.63. The van der Waals surface area contributed by atoms with Crippen LogP contribution in [0.3, 0.4) is 0 Å². The summed E-state index contributed by atoms with van der Waals surface area (Å²) in [6.45, 7) is 0.707. The van der Waals surface area contributed by atoms with Gasteiger partial charge in [0.1, 0.15) is 5.75 Å². The first-order valence-electron chi connectivity index (χ1n) is 5.76. The first-order valence-corrected chi connectivity index (χ1v) is 7.35. The lowest BCUT2D eigenvalue weighted by Crippen LogP contribution is -2.04. The average Bonchev–Trinajstić information content (AvgIpc) is 2.38. The van der Waals surface area contributed by atoms with Crippen LogP contribution in [0.5, 0.6) is 11.5 Å². The summed E-state index contributed by atoms with van der Waals surface area (Å²) < 4.78 is 33.5. The van der Waals surface area contributed by atoms with Crippen LogP contribution in [-0.4, -0.2) is 7.05 Å². The maximum absolute atomic E-state index is 13.7. The predicted octanol–water partition coefficient (Wildman–Crippen LogP) is 5.00. The van der Waals surface area contributed by atoms with Crippen LogP contribution < -0.4 is 10.1 Å². The molecule has 0 fully saturated rings. The van der Waals surface area contributed by atoms with Crippen molar-refractivity contribution >= 4 is 31.9 Å². The lowest BCUT2D eigenvalue weighted by atomic mass is 10.2. The van der Waals surface area contributed by atoms with Gasteiger partial charge in [0.2, 0.25) is 5.82 Å². The molecular formula is C14H11Br2F2NO. The molecule has 2 aromatic rings. The number of nitrogens with one attached hydrogen (secondary N) is 1. The van der Waals surface area contributed by atoms with E-state index in [2.05, 4.69) is 37.2 Å². The Morgan fingerprint density at radius 1 is 1.10 bits per heavy atom. The Hall–Kier alpha value is -0.980. The normalized spacial score (nSPS) is 10.7. The van der Waals surface area contributed by atoms with Crippen molar-refractivity contribution in [3.8, 4) is 11.5 Å². The van der Waals surface area contributed by atoms with Crippen LogP contribution in [0.25, 0.3) is 0 Å². The minimum absolute atomic E-state index is 0.168. The number of halogens is 4. The molecule has 2 nitrogen and oxygen atoms in total. The van der Waals surface area contributed by atoms with E-state index in [1.807, 2.05) is 19.2 Å². The summed E-state index contributed by atoms with van der Waals surface area (Å²) in [7, 11) is 1.85. The molecule has 0 aromatic heterocycles. The standard InChI is InChI=1S/C14H11Br2F2NO/c1-19-7-8-2-3-12(10(16)4-8)20-13-6-9(15)5-11(17)14(13)18/h2-6,19H,7H2,1H3. The fraction of sp³-hybridized carbons (Fsp3) is 0.143. The number of hydrogen-bond acceptors (Lipinski definition) is 2. The summed E-state index contributed by atoms with van der Waals surface area (Å²) in [5.41, 5.74) is 1.05. The van der Waals surface area contributed by atoms with Gasteiger partial charge in [0.05, 0.1) is 4.47 Å². The Bertz CT molecular complexity index is 635. The molecule has 0 bridgehead atoms. The van der Waals surface area contributed by atoms with Gasteiger partial charge in [-0.25, -0.2) is 4.39 Å². The molecule has 2 rings (SSSR count). The van der Waals surface area contributed by atoms with E-state index in [0.29, 0.717) is 21.2 Å². The second kappa shape index (κ2) is 6.65. The van der Waals surface area contributed by atoms with Crippen LogP contribution in [0, 0.1) is 11.6 Å². The van der Waals surface area contributed by atoms with Crippen molar-refractivity contribution in [2.24, 2.45) is 0 Å². The van der Waals surface area contributed by atoms with E-state index < -0.39 is 11.6 Å². The van der Waals surface area contributed by atoms with Gasteiger partial charge in [-0.05, 0) is 52.8 Å². The highest BCUT2D eigenvalue weighted by Crippen LogP contribution is 2.34. The van der Waals surface area contributed by atoms with Crippen molar-refractivity contribution in [2.75, 3.05) is 7.05 Å². The van der Waals surface area contributed by atoms with Gasteiger partial charge < -0.3 is 10.1 Å². The smallest absolute Gasteiger partial charge is 0.201 e. The number of rotatable bonds is 4. The molecule has 1 N–H and O–H groups in total. The van der Waals surface area contributed by atoms with Crippen molar-refractivity contribution in [3.05, 3.63) is 56.5 Å². The molecule has 0 aliphatic carbocycles. The van der Waals surface area contributed by atoms with E-state index in [4.69, 9.17) is 4.74 Å². The van der Waals surface area contributed by atoms with Crippen LogP contribution in [0.2, 0.25) is 0 Å². The third-order valence-electron chi connectivity index (χ3n) is 2.56. The third kappa shape index (κ3) is 3.56. The highest BCUT2D eigenvalue weighted by molar-refractivity contribution is 9.10. The number of hydrogen-bond donors (Lipinski definition) is 1. The van der Waals surface area contributed by atoms with Crippen LogP contribution in [0.4, 0.5) is 8.78 Å². The molecule has 0 saturated heterocycles. The first kappa shape index (κ1) is 15.4. The molecule has 0 radical (unpaired) electrons. The second-order valence-electron chi connectivity index (χ2n) is 4.10. The zero-order chi connectivity index (χ0) is 14.7. The van der Waals surface area contributed by atoms with E-state index in [1.54, 1.807) is 6.07 Å². The van der Waals surface area contributed by atoms with Crippen molar-refractivity contribution in [1.29, 1.82) is 0 Å². The van der Waals surface area contributed by atoms with Gasteiger partial charge in [-0.2, -0.15) is 4.39 Å². The monoisotopic (exact) mass is 405 g/mol. The fourth-order valence-electron chi connectivity index (χ4n) is 1.67. The lowest BCUT2D eigenvalue weighted by molar-refractivity contribution is 0.413. The Labute approximate surface area is 132 Å². The van der Waals surface area contributed by atoms with Crippen LogP contribution in [-0.2, 0) is 6.54 Å². The average molecular weight is 407 g/mol. The largest absolute Gasteiger partial charge is 0.453 e.